The Labute approximate surface area is 257 Å². The van der Waals surface area contributed by atoms with Crippen LogP contribution in [0.5, 0.6) is 5.75 Å². The molecular formula is C32H33N5O6S. The van der Waals surface area contributed by atoms with Crippen LogP contribution in [0.2, 0.25) is 0 Å². The first-order valence-electron chi connectivity index (χ1n) is 14.6. The number of hydrogen-bond donors (Lipinski definition) is 1. The third-order valence-corrected chi connectivity index (χ3v) is 10.2. The van der Waals surface area contributed by atoms with E-state index in [1.807, 2.05) is 50.4 Å². The predicted octanol–water partition coefficient (Wildman–Crippen LogP) is 4.91. The Morgan fingerprint density at radius 2 is 1.95 bits per heavy atom. The predicted molar refractivity (Wildman–Crippen MR) is 164 cm³/mol. The van der Waals surface area contributed by atoms with Gasteiger partial charge < -0.3 is 28.0 Å². The number of pyridine rings is 1. The maximum absolute atomic E-state index is 14.7. The van der Waals surface area contributed by atoms with Gasteiger partial charge in [0, 0.05) is 42.8 Å². The highest BCUT2D eigenvalue weighted by Crippen LogP contribution is 2.59. The maximum Gasteiger partial charge on any atom is 0.334 e. The number of fused-ring (bicyclic) bond motifs is 2. The zero-order valence-corrected chi connectivity index (χ0v) is 25.5. The monoisotopic (exact) mass is 615 g/mol. The van der Waals surface area contributed by atoms with Crippen molar-refractivity contribution in [2.75, 3.05) is 20.3 Å². The third kappa shape index (κ3) is 4.77. The second-order valence-electron chi connectivity index (χ2n) is 11.4. The van der Waals surface area contributed by atoms with E-state index in [0.717, 1.165) is 24.0 Å². The zero-order chi connectivity index (χ0) is 30.4. The molecule has 0 spiro atoms. The van der Waals surface area contributed by atoms with E-state index in [9.17, 15) is 9.59 Å². The Bertz CT molecular complexity index is 1930. The number of thioether (sulfide) groups is 1. The molecule has 0 bridgehead atoms. The average molecular weight is 616 g/mol. The summed E-state index contributed by atoms with van der Waals surface area (Å²) >= 11 is 1.38. The van der Waals surface area contributed by atoms with Crippen molar-refractivity contribution in [2.24, 2.45) is 0 Å². The molecule has 1 fully saturated rings. The molecule has 0 aliphatic carbocycles. The molecule has 11 nitrogen and oxygen atoms in total. The van der Waals surface area contributed by atoms with Gasteiger partial charge in [0.1, 0.15) is 17.7 Å². The summed E-state index contributed by atoms with van der Waals surface area (Å²) in [5, 5.41) is 0.0882. The normalized spacial score (nSPS) is 21.0. The number of H-pyrrole nitrogens is 1. The number of imidazole rings is 1. The minimum Gasteiger partial charge on any atom is -0.496 e. The highest BCUT2D eigenvalue weighted by atomic mass is 32.2. The molecule has 228 valence electrons. The molecule has 1 N–H and O–H groups in total. The molecule has 1 aromatic carbocycles. The fourth-order valence-electron chi connectivity index (χ4n) is 6.52. The van der Waals surface area contributed by atoms with Crippen molar-refractivity contribution in [3.63, 3.8) is 0 Å². The lowest BCUT2D eigenvalue weighted by Crippen LogP contribution is -2.42. The standard InChI is InChI=1S/C32H33N5O6S/c1-19-8-13-36-14-11-33-27(36)25(19)37-30(38)24-29(35-31(37)39)44-26(28-34-12-17-42-28)32(24,2)18-23(43-20-9-15-41-16-10-20)21-6-4-5-7-22(21)40-3/h4-8,11-14,17,20,23,26H,9-10,15-16,18H2,1-3H3,(H,35,39). The fourth-order valence-corrected chi connectivity index (χ4v) is 8.03. The summed E-state index contributed by atoms with van der Waals surface area (Å²) < 4.78 is 27.1. The van der Waals surface area contributed by atoms with Crippen LogP contribution in [0.4, 0.5) is 0 Å². The van der Waals surface area contributed by atoms with E-state index in [1.165, 1.54) is 22.6 Å². The van der Waals surface area contributed by atoms with Gasteiger partial charge in [0.05, 0.1) is 41.4 Å². The molecule has 0 amide bonds. The summed E-state index contributed by atoms with van der Waals surface area (Å²) in [5.41, 5.74) is 1.26. The number of oxazole rings is 1. The van der Waals surface area contributed by atoms with Crippen LogP contribution in [-0.2, 0) is 14.9 Å². The quantitative estimate of drug-likeness (QED) is 0.242. The van der Waals surface area contributed by atoms with Gasteiger partial charge in [-0.1, -0.05) is 36.9 Å². The van der Waals surface area contributed by atoms with E-state index in [-0.39, 0.29) is 6.10 Å². The van der Waals surface area contributed by atoms with E-state index >= 15 is 0 Å². The maximum atomic E-state index is 14.7. The van der Waals surface area contributed by atoms with Crippen molar-refractivity contribution in [2.45, 2.75) is 61.0 Å². The Morgan fingerprint density at radius 3 is 2.73 bits per heavy atom. The number of aromatic amines is 1. The minimum absolute atomic E-state index is 0.0242. The van der Waals surface area contributed by atoms with Gasteiger partial charge in [-0.3, -0.25) is 4.79 Å². The first-order valence-corrected chi connectivity index (χ1v) is 15.5. The smallest absolute Gasteiger partial charge is 0.334 e. The van der Waals surface area contributed by atoms with Crippen molar-refractivity contribution in [1.29, 1.82) is 0 Å². The number of benzene rings is 1. The van der Waals surface area contributed by atoms with Gasteiger partial charge in [-0.2, -0.15) is 0 Å². The van der Waals surface area contributed by atoms with Crippen molar-refractivity contribution < 1.29 is 18.6 Å². The number of aromatic nitrogens is 5. The number of methoxy groups -OCH3 is 1. The SMILES string of the molecule is COc1ccccc1C(CC1(C)c2c([nH]c(=O)n(-c3c(C)ccn4ccnc34)c2=O)SC1c1ncco1)OC1CCOCC1. The second-order valence-corrected chi connectivity index (χ2v) is 12.6. The minimum atomic E-state index is -0.876. The van der Waals surface area contributed by atoms with Crippen molar-refractivity contribution in [1.82, 2.24) is 23.9 Å². The fraction of sp³-hybridized carbons (Fsp3) is 0.375. The van der Waals surface area contributed by atoms with Crippen LogP contribution >= 0.6 is 11.8 Å². The molecule has 1 saturated heterocycles. The molecule has 12 heteroatoms. The second kappa shape index (κ2) is 11.4. The van der Waals surface area contributed by atoms with Gasteiger partial charge in [0.2, 0.25) is 5.89 Å². The number of nitrogens with zero attached hydrogens (tertiary/aromatic N) is 4. The van der Waals surface area contributed by atoms with E-state index in [1.54, 1.807) is 30.1 Å². The summed E-state index contributed by atoms with van der Waals surface area (Å²) in [6, 6.07) is 9.67. The summed E-state index contributed by atoms with van der Waals surface area (Å²) in [7, 11) is 1.64. The lowest BCUT2D eigenvalue weighted by Gasteiger charge is -2.36. The van der Waals surface area contributed by atoms with Gasteiger partial charge in [0.25, 0.3) is 5.56 Å². The van der Waals surface area contributed by atoms with Gasteiger partial charge in [-0.15, -0.1) is 0 Å². The first-order chi connectivity index (χ1) is 21.4. The molecule has 3 atom stereocenters. The third-order valence-electron chi connectivity index (χ3n) is 8.71. The summed E-state index contributed by atoms with van der Waals surface area (Å²) in [5.74, 6) is 1.17. The largest absolute Gasteiger partial charge is 0.496 e. The van der Waals surface area contributed by atoms with E-state index in [0.29, 0.717) is 53.2 Å². The topological polar surface area (TPSA) is 126 Å². The number of ether oxygens (including phenoxy) is 3. The molecule has 6 heterocycles. The lowest BCUT2D eigenvalue weighted by atomic mass is 9.74. The molecule has 2 aliphatic heterocycles. The molecule has 7 rings (SSSR count). The number of nitrogens with one attached hydrogen (secondary N) is 1. The van der Waals surface area contributed by atoms with Crippen molar-refractivity contribution in [3.05, 3.63) is 105 Å². The summed E-state index contributed by atoms with van der Waals surface area (Å²) in [6.45, 7) is 5.15. The van der Waals surface area contributed by atoms with E-state index < -0.39 is 28.0 Å². The van der Waals surface area contributed by atoms with E-state index in [4.69, 9.17) is 18.6 Å². The Hall–Kier alpha value is -4.13. The number of para-hydroxylation sites is 1. The zero-order valence-electron chi connectivity index (χ0n) is 24.7. The molecule has 2 aliphatic rings. The number of rotatable bonds is 8. The van der Waals surface area contributed by atoms with E-state index in [2.05, 4.69) is 15.0 Å². The molecule has 3 unspecified atom stereocenters. The molecule has 44 heavy (non-hydrogen) atoms. The Balaban J connectivity index is 1.42. The average Bonchev–Trinajstić information content (AvgIpc) is 3.78. The highest BCUT2D eigenvalue weighted by Gasteiger charge is 2.52. The number of aryl methyl sites for hydroxylation is 1. The number of hydrogen-bond acceptors (Lipinski definition) is 9. The Kier molecular flexibility index (Phi) is 7.43. The summed E-state index contributed by atoms with van der Waals surface area (Å²) in [6.07, 6.45) is 9.88. The van der Waals surface area contributed by atoms with Crippen LogP contribution in [-0.4, -0.2) is 50.3 Å². The first kappa shape index (κ1) is 28.6. The van der Waals surface area contributed by atoms with Gasteiger partial charge in [-0.05, 0) is 43.9 Å². The van der Waals surface area contributed by atoms with Crippen molar-refractivity contribution in [3.8, 4) is 11.4 Å². The molecule has 0 saturated carbocycles. The summed E-state index contributed by atoms with van der Waals surface area (Å²) in [4.78, 5) is 40.4. The Morgan fingerprint density at radius 1 is 1.14 bits per heavy atom. The van der Waals surface area contributed by atoms with Crippen LogP contribution < -0.4 is 16.0 Å². The van der Waals surface area contributed by atoms with Crippen LogP contribution in [0, 0.1) is 6.92 Å². The lowest BCUT2D eigenvalue weighted by molar-refractivity contribution is -0.0787. The molecule has 0 radical (unpaired) electrons. The highest BCUT2D eigenvalue weighted by molar-refractivity contribution is 7.99. The van der Waals surface area contributed by atoms with Gasteiger partial charge >= 0.3 is 5.69 Å². The van der Waals surface area contributed by atoms with Crippen LogP contribution in [0.3, 0.4) is 0 Å². The van der Waals surface area contributed by atoms with Crippen molar-refractivity contribution >= 4 is 17.4 Å². The van der Waals surface area contributed by atoms with Crippen LogP contribution in [0.1, 0.15) is 60.1 Å². The van der Waals surface area contributed by atoms with Gasteiger partial charge in [0.15, 0.2) is 5.65 Å². The molecule has 4 aromatic heterocycles. The molecular weight excluding hydrogens is 582 g/mol. The molecule has 5 aromatic rings. The van der Waals surface area contributed by atoms with Gasteiger partial charge in [-0.25, -0.2) is 19.3 Å². The van der Waals surface area contributed by atoms with Crippen LogP contribution in [0.25, 0.3) is 11.3 Å². The van der Waals surface area contributed by atoms with Crippen LogP contribution in [0.15, 0.2) is 80.4 Å².